The number of halogens is 2. The second-order valence-corrected chi connectivity index (χ2v) is 11.4. The van der Waals surface area contributed by atoms with Gasteiger partial charge in [0.2, 0.25) is 5.91 Å². The van der Waals surface area contributed by atoms with Gasteiger partial charge < -0.3 is 14.5 Å². The third kappa shape index (κ3) is 6.47. The molecule has 2 amide bonds. The van der Waals surface area contributed by atoms with Gasteiger partial charge in [-0.15, -0.1) is 0 Å². The number of likely N-dealkylation sites (tertiary alicyclic amines) is 1. The van der Waals surface area contributed by atoms with Crippen molar-refractivity contribution in [1.82, 2.24) is 19.8 Å². The topological polar surface area (TPSA) is 103 Å². The molecule has 218 valence electrons. The Morgan fingerprint density at radius 2 is 1.74 bits per heavy atom. The fourth-order valence-electron chi connectivity index (χ4n) is 5.83. The first-order chi connectivity index (χ1) is 20.2. The smallest absolute Gasteiger partial charge is 0.410 e. The number of ether oxygens (including phenoxy) is 1. The average Bonchev–Trinajstić information content (AvgIpc) is 3.43. The lowest BCUT2D eigenvalue weighted by atomic mass is 9.92. The number of nitriles is 1. The zero-order valence-corrected chi connectivity index (χ0v) is 24.2. The Morgan fingerprint density at radius 3 is 2.33 bits per heavy atom. The van der Waals surface area contributed by atoms with Gasteiger partial charge in [0.1, 0.15) is 23.5 Å². The number of carbonyl (C=O) groups is 2. The van der Waals surface area contributed by atoms with Crippen molar-refractivity contribution in [3.05, 3.63) is 83.0 Å². The molecule has 0 saturated carbocycles. The van der Waals surface area contributed by atoms with Crippen LogP contribution in [0.2, 0.25) is 5.02 Å². The maximum Gasteiger partial charge on any atom is 0.415 e. The Hall–Kier alpha value is -4.23. The third-order valence-corrected chi connectivity index (χ3v) is 8.22. The summed E-state index contributed by atoms with van der Waals surface area (Å²) >= 11 is 6.17. The van der Waals surface area contributed by atoms with Gasteiger partial charge >= 0.3 is 6.09 Å². The number of hydrogen-bond acceptors (Lipinski definition) is 7. The number of anilines is 1. The average molecular weight is 591 g/mol. The van der Waals surface area contributed by atoms with E-state index in [-0.39, 0.29) is 41.3 Å². The number of piperidine rings is 1. The summed E-state index contributed by atoms with van der Waals surface area (Å²) in [5.74, 6) is 0.284. The lowest BCUT2D eigenvalue weighted by molar-refractivity contribution is -0.135. The molecule has 3 aromatic rings. The maximum atomic E-state index is 13.8. The first kappa shape index (κ1) is 29.3. The molecule has 2 atom stereocenters. The molecule has 1 aromatic heterocycles. The Balaban J connectivity index is 1.32. The van der Waals surface area contributed by atoms with Crippen LogP contribution in [0, 0.1) is 23.1 Å². The van der Waals surface area contributed by atoms with Crippen molar-refractivity contribution in [2.24, 2.45) is 5.92 Å². The van der Waals surface area contributed by atoms with E-state index in [0.717, 1.165) is 5.56 Å². The molecule has 2 aliphatic rings. The minimum Gasteiger partial charge on any atom is -0.410 e. The molecule has 2 aromatic carbocycles. The zero-order chi connectivity index (χ0) is 29.8. The predicted molar refractivity (Wildman–Crippen MR) is 156 cm³/mol. The minimum absolute atomic E-state index is 0.0673. The molecule has 42 heavy (non-hydrogen) atoms. The van der Waals surface area contributed by atoms with E-state index in [0.29, 0.717) is 49.9 Å². The Kier molecular flexibility index (Phi) is 8.88. The summed E-state index contributed by atoms with van der Waals surface area (Å²) in [6, 6.07) is 14.3. The van der Waals surface area contributed by atoms with Crippen LogP contribution in [0.3, 0.4) is 0 Å². The highest BCUT2D eigenvalue weighted by molar-refractivity contribution is 6.30. The van der Waals surface area contributed by atoms with Gasteiger partial charge in [-0.2, -0.15) is 5.26 Å². The summed E-state index contributed by atoms with van der Waals surface area (Å²) in [4.78, 5) is 41.4. The number of aromatic nitrogens is 2. The van der Waals surface area contributed by atoms with Crippen LogP contribution in [-0.2, 0) is 4.79 Å². The monoisotopic (exact) mass is 590 g/mol. The van der Waals surface area contributed by atoms with Gasteiger partial charge in [-0.05, 0) is 68.7 Å². The fraction of sp³-hybridized carbons (Fsp3) is 0.387. The zero-order valence-electron chi connectivity index (χ0n) is 23.5. The van der Waals surface area contributed by atoms with E-state index in [2.05, 4.69) is 14.9 Å². The molecule has 0 radical (unpaired) electrons. The van der Waals surface area contributed by atoms with Crippen LogP contribution in [0.1, 0.15) is 43.9 Å². The summed E-state index contributed by atoms with van der Waals surface area (Å²) in [7, 11) is 0. The standard InChI is InChI=1S/C31H32ClFN6O3/c1-20(2)39(31(41)42-26-9-7-24(33)8-10-26)28-19-38(18-27(28)21-3-5-23(32)6-4-21)30(40)22-11-13-37(14-12-22)29-17-35-25(15-34)16-36-29/h3-10,16-17,20,22,27-28H,11-14,18-19H2,1-2H3/t27-,28+/m0/s1. The van der Waals surface area contributed by atoms with Crippen molar-refractivity contribution in [3.63, 3.8) is 0 Å². The van der Waals surface area contributed by atoms with Crippen LogP contribution in [0.15, 0.2) is 60.9 Å². The Bertz CT molecular complexity index is 1440. The van der Waals surface area contributed by atoms with Gasteiger partial charge in [0.25, 0.3) is 0 Å². The highest BCUT2D eigenvalue weighted by Crippen LogP contribution is 2.35. The van der Waals surface area contributed by atoms with Crippen molar-refractivity contribution < 1.29 is 18.7 Å². The number of carbonyl (C=O) groups excluding carboxylic acids is 2. The van der Waals surface area contributed by atoms with Gasteiger partial charge in [-0.3, -0.25) is 9.69 Å². The molecule has 9 nitrogen and oxygen atoms in total. The number of hydrogen-bond donors (Lipinski definition) is 0. The lowest BCUT2D eigenvalue weighted by Crippen LogP contribution is -2.50. The van der Waals surface area contributed by atoms with Gasteiger partial charge in [-0.25, -0.2) is 19.2 Å². The van der Waals surface area contributed by atoms with Crippen molar-refractivity contribution in [3.8, 4) is 11.8 Å². The second-order valence-electron chi connectivity index (χ2n) is 10.9. The number of rotatable bonds is 6. The van der Waals surface area contributed by atoms with Gasteiger partial charge in [0.15, 0.2) is 5.69 Å². The van der Waals surface area contributed by atoms with Crippen molar-refractivity contribution >= 4 is 29.4 Å². The van der Waals surface area contributed by atoms with Crippen LogP contribution >= 0.6 is 11.6 Å². The Morgan fingerprint density at radius 1 is 1.05 bits per heavy atom. The number of nitrogens with zero attached hydrogens (tertiary/aromatic N) is 6. The highest BCUT2D eigenvalue weighted by Gasteiger charge is 2.44. The lowest BCUT2D eigenvalue weighted by Gasteiger charge is -2.35. The van der Waals surface area contributed by atoms with E-state index in [9.17, 15) is 14.0 Å². The summed E-state index contributed by atoms with van der Waals surface area (Å²) < 4.78 is 19.1. The molecule has 2 aliphatic heterocycles. The van der Waals surface area contributed by atoms with E-state index < -0.39 is 11.9 Å². The van der Waals surface area contributed by atoms with E-state index in [1.807, 2.05) is 49.1 Å². The van der Waals surface area contributed by atoms with Gasteiger partial charge in [0.05, 0.1) is 18.4 Å². The van der Waals surface area contributed by atoms with Crippen LogP contribution in [0.5, 0.6) is 5.75 Å². The molecule has 0 N–H and O–H groups in total. The molecular formula is C31H32ClFN6O3. The van der Waals surface area contributed by atoms with Crippen LogP contribution < -0.4 is 9.64 Å². The minimum atomic E-state index is -0.549. The third-order valence-electron chi connectivity index (χ3n) is 7.96. The summed E-state index contributed by atoms with van der Waals surface area (Å²) in [6.45, 7) is 5.95. The largest absolute Gasteiger partial charge is 0.415 e. The van der Waals surface area contributed by atoms with Gasteiger partial charge in [0, 0.05) is 49.1 Å². The SMILES string of the molecule is CC(C)N(C(=O)Oc1ccc(F)cc1)[C@@H]1CN(C(=O)C2CCN(c3cnc(C#N)cn3)CC2)C[C@H]1c1ccc(Cl)cc1. The second kappa shape index (κ2) is 12.7. The summed E-state index contributed by atoms with van der Waals surface area (Å²) in [5.41, 5.74) is 1.24. The molecule has 11 heteroatoms. The molecule has 2 saturated heterocycles. The van der Waals surface area contributed by atoms with Crippen molar-refractivity contribution in [1.29, 1.82) is 5.26 Å². The predicted octanol–water partition coefficient (Wildman–Crippen LogP) is 5.26. The normalized spacial score (nSPS) is 19.0. The van der Waals surface area contributed by atoms with E-state index >= 15 is 0 Å². The highest BCUT2D eigenvalue weighted by atomic mass is 35.5. The van der Waals surface area contributed by atoms with Crippen LogP contribution in [0.4, 0.5) is 15.0 Å². The molecule has 0 unspecified atom stereocenters. The quantitative estimate of drug-likeness (QED) is 0.386. The van der Waals surface area contributed by atoms with E-state index in [1.165, 1.54) is 30.5 Å². The van der Waals surface area contributed by atoms with Crippen LogP contribution in [0.25, 0.3) is 0 Å². The van der Waals surface area contributed by atoms with Crippen molar-refractivity contribution in [2.75, 3.05) is 31.1 Å². The first-order valence-electron chi connectivity index (χ1n) is 14.0. The molecule has 5 rings (SSSR count). The van der Waals surface area contributed by atoms with Crippen molar-refractivity contribution in [2.45, 2.75) is 44.7 Å². The first-order valence-corrected chi connectivity index (χ1v) is 14.4. The summed E-state index contributed by atoms with van der Waals surface area (Å²) in [5, 5.41) is 9.58. The fourth-order valence-corrected chi connectivity index (χ4v) is 5.95. The molecular weight excluding hydrogens is 559 g/mol. The molecule has 0 spiro atoms. The van der Waals surface area contributed by atoms with Gasteiger partial charge in [-0.1, -0.05) is 23.7 Å². The number of benzene rings is 2. The Labute approximate surface area is 249 Å². The molecule has 0 aliphatic carbocycles. The summed E-state index contributed by atoms with van der Waals surface area (Å²) in [6.07, 6.45) is 3.82. The molecule has 0 bridgehead atoms. The van der Waals surface area contributed by atoms with E-state index in [4.69, 9.17) is 21.6 Å². The number of amides is 2. The van der Waals surface area contributed by atoms with E-state index in [1.54, 1.807) is 11.1 Å². The maximum absolute atomic E-state index is 13.8. The molecule has 2 fully saturated rings. The van der Waals surface area contributed by atoms with Crippen LogP contribution in [-0.4, -0.2) is 70.0 Å². The molecule has 3 heterocycles.